The standard InChI is InChI=1S/C20H26O6/c1-6-25-19(22)12(3)9-11(2)7-8-14-17(21)16-15(10-26-20(16)23)13(4)18(14)24-5/h7,12,21H,6,8-10H2,1-5H3. The highest BCUT2D eigenvalue weighted by Gasteiger charge is 2.31. The molecule has 1 N–H and O–H groups in total. The highest BCUT2D eigenvalue weighted by atomic mass is 16.5. The summed E-state index contributed by atoms with van der Waals surface area (Å²) in [5.41, 5.74) is 3.24. The first-order valence-corrected chi connectivity index (χ1v) is 8.72. The van der Waals surface area contributed by atoms with Crippen LogP contribution in [0.5, 0.6) is 11.5 Å². The lowest BCUT2D eigenvalue weighted by Crippen LogP contribution is -2.14. The zero-order valence-electron chi connectivity index (χ0n) is 16.0. The number of esters is 2. The number of phenols is 1. The van der Waals surface area contributed by atoms with Crippen molar-refractivity contribution in [2.75, 3.05) is 13.7 Å². The van der Waals surface area contributed by atoms with E-state index in [4.69, 9.17) is 14.2 Å². The maximum atomic E-state index is 11.9. The van der Waals surface area contributed by atoms with E-state index in [0.717, 1.165) is 11.1 Å². The summed E-state index contributed by atoms with van der Waals surface area (Å²) in [6.07, 6.45) is 2.88. The lowest BCUT2D eigenvalue weighted by Gasteiger charge is -2.16. The van der Waals surface area contributed by atoms with E-state index in [0.29, 0.717) is 36.3 Å². The third-order valence-electron chi connectivity index (χ3n) is 4.62. The molecule has 0 aromatic heterocycles. The zero-order valence-corrected chi connectivity index (χ0v) is 16.0. The molecule has 0 saturated carbocycles. The second-order valence-electron chi connectivity index (χ2n) is 6.53. The average Bonchev–Trinajstić information content (AvgIpc) is 2.99. The molecule has 0 aliphatic carbocycles. The summed E-state index contributed by atoms with van der Waals surface area (Å²) in [6.45, 7) is 7.89. The first-order valence-electron chi connectivity index (χ1n) is 8.72. The maximum Gasteiger partial charge on any atom is 0.342 e. The normalized spacial score (nSPS) is 14.7. The molecule has 1 heterocycles. The van der Waals surface area contributed by atoms with Crippen LogP contribution in [0, 0.1) is 12.8 Å². The van der Waals surface area contributed by atoms with Gasteiger partial charge in [-0.25, -0.2) is 4.79 Å². The van der Waals surface area contributed by atoms with Crippen molar-refractivity contribution < 1.29 is 28.9 Å². The summed E-state index contributed by atoms with van der Waals surface area (Å²) in [5.74, 6) is -0.508. The van der Waals surface area contributed by atoms with Crippen molar-refractivity contribution in [3.63, 3.8) is 0 Å². The Hall–Kier alpha value is -2.50. The number of hydrogen-bond donors (Lipinski definition) is 1. The van der Waals surface area contributed by atoms with E-state index < -0.39 is 5.97 Å². The topological polar surface area (TPSA) is 82.1 Å². The van der Waals surface area contributed by atoms with Crippen LogP contribution in [0.1, 0.15) is 54.2 Å². The van der Waals surface area contributed by atoms with Crippen LogP contribution in [0.15, 0.2) is 11.6 Å². The van der Waals surface area contributed by atoms with Crippen molar-refractivity contribution in [1.29, 1.82) is 0 Å². The molecule has 1 aliphatic rings. The Morgan fingerprint density at radius 2 is 2.12 bits per heavy atom. The number of allylic oxidation sites excluding steroid dienone is 2. The molecule has 2 rings (SSSR count). The molecule has 142 valence electrons. The SMILES string of the molecule is CCOC(=O)C(C)CC(C)=CCc1c(O)c2c(c(C)c1OC)COC2=O. The molecule has 26 heavy (non-hydrogen) atoms. The van der Waals surface area contributed by atoms with Crippen molar-refractivity contribution in [3.8, 4) is 11.5 Å². The molecule has 1 atom stereocenters. The van der Waals surface area contributed by atoms with Gasteiger partial charge in [-0.1, -0.05) is 18.6 Å². The second kappa shape index (κ2) is 8.25. The molecule has 0 amide bonds. The van der Waals surface area contributed by atoms with E-state index in [-0.39, 0.29) is 29.8 Å². The quantitative estimate of drug-likeness (QED) is 0.591. The van der Waals surface area contributed by atoms with Crippen LogP contribution in [-0.2, 0) is 27.3 Å². The minimum absolute atomic E-state index is 0.0903. The molecule has 6 heteroatoms. The van der Waals surface area contributed by atoms with E-state index in [1.165, 1.54) is 7.11 Å². The minimum atomic E-state index is -0.513. The van der Waals surface area contributed by atoms with Gasteiger partial charge in [-0.2, -0.15) is 0 Å². The molecule has 0 spiro atoms. The number of methoxy groups -OCH3 is 1. The van der Waals surface area contributed by atoms with E-state index >= 15 is 0 Å². The fraction of sp³-hybridized carbons (Fsp3) is 0.500. The number of fused-ring (bicyclic) bond motifs is 1. The average molecular weight is 362 g/mol. The largest absolute Gasteiger partial charge is 0.507 e. The van der Waals surface area contributed by atoms with Crippen LogP contribution in [0.2, 0.25) is 0 Å². The lowest BCUT2D eigenvalue weighted by atomic mass is 9.94. The maximum absolute atomic E-state index is 11.9. The van der Waals surface area contributed by atoms with Crippen molar-refractivity contribution in [3.05, 3.63) is 33.9 Å². The Bertz CT molecular complexity index is 747. The van der Waals surface area contributed by atoms with Crippen LogP contribution in [0.25, 0.3) is 0 Å². The van der Waals surface area contributed by atoms with Gasteiger partial charge in [0.1, 0.15) is 23.7 Å². The molecular formula is C20H26O6. The number of hydrogen-bond acceptors (Lipinski definition) is 6. The van der Waals surface area contributed by atoms with Gasteiger partial charge in [0.25, 0.3) is 0 Å². The van der Waals surface area contributed by atoms with Gasteiger partial charge in [0, 0.05) is 11.1 Å². The Morgan fingerprint density at radius 1 is 1.42 bits per heavy atom. The van der Waals surface area contributed by atoms with E-state index in [2.05, 4.69) is 0 Å². The summed E-state index contributed by atoms with van der Waals surface area (Å²) in [5, 5.41) is 10.6. The molecule has 1 aromatic carbocycles. The van der Waals surface area contributed by atoms with Crippen LogP contribution in [-0.4, -0.2) is 30.8 Å². The van der Waals surface area contributed by atoms with Crippen molar-refractivity contribution in [2.24, 2.45) is 5.92 Å². The monoisotopic (exact) mass is 362 g/mol. The Kier molecular flexibility index (Phi) is 6.29. The number of benzene rings is 1. The molecule has 1 aromatic rings. The van der Waals surface area contributed by atoms with E-state index in [1.54, 1.807) is 6.92 Å². The number of carbonyl (C=O) groups is 2. The minimum Gasteiger partial charge on any atom is -0.507 e. The smallest absolute Gasteiger partial charge is 0.342 e. The third kappa shape index (κ3) is 3.84. The number of phenolic OH excluding ortho intramolecular Hbond substituents is 1. The summed E-state index contributed by atoms with van der Waals surface area (Å²) >= 11 is 0. The molecule has 6 nitrogen and oxygen atoms in total. The molecule has 1 unspecified atom stereocenters. The van der Waals surface area contributed by atoms with Crippen molar-refractivity contribution in [2.45, 2.75) is 47.1 Å². The van der Waals surface area contributed by atoms with Crippen LogP contribution >= 0.6 is 0 Å². The van der Waals surface area contributed by atoms with Gasteiger partial charge in [-0.15, -0.1) is 0 Å². The van der Waals surface area contributed by atoms with Gasteiger partial charge < -0.3 is 19.3 Å². The first kappa shape index (κ1) is 19.8. The summed E-state index contributed by atoms with van der Waals surface area (Å²) in [6, 6.07) is 0. The molecule has 0 bridgehead atoms. The molecule has 0 fully saturated rings. The van der Waals surface area contributed by atoms with Gasteiger partial charge in [0.05, 0.1) is 19.6 Å². The summed E-state index contributed by atoms with van der Waals surface area (Å²) < 4.78 is 15.5. The van der Waals surface area contributed by atoms with Crippen molar-refractivity contribution in [1.82, 2.24) is 0 Å². The lowest BCUT2D eigenvalue weighted by molar-refractivity contribution is -0.147. The van der Waals surface area contributed by atoms with Crippen LogP contribution < -0.4 is 4.74 Å². The van der Waals surface area contributed by atoms with E-state index in [1.807, 2.05) is 26.8 Å². The fourth-order valence-electron chi connectivity index (χ4n) is 3.24. The highest BCUT2D eigenvalue weighted by Crippen LogP contribution is 2.42. The van der Waals surface area contributed by atoms with Crippen molar-refractivity contribution >= 4 is 11.9 Å². The molecule has 1 aliphatic heterocycles. The number of ether oxygens (including phenoxy) is 3. The van der Waals surface area contributed by atoms with Gasteiger partial charge >= 0.3 is 11.9 Å². The van der Waals surface area contributed by atoms with Gasteiger partial charge in [-0.3, -0.25) is 4.79 Å². The van der Waals surface area contributed by atoms with Gasteiger partial charge in [0.15, 0.2) is 0 Å². The predicted molar refractivity (Wildman–Crippen MR) is 96.4 cm³/mol. The Labute approximate surface area is 153 Å². The number of aromatic hydroxyl groups is 1. The molecule has 0 radical (unpaired) electrons. The molecular weight excluding hydrogens is 336 g/mol. The fourth-order valence-corrected chi connectivity index (χ4v) is 3.24. The highest BCUT2D eigenvalue weighted by molar-refractivity contribution is 5.98. The number of cyclic esters (lactones) is 1. The van der Waals surface area contributed by atoms with Crippen LogP contribution in [0.3, 0.4) is 0 Å². The zero-order chi connectivity index (χ0) is 19.4. The number of rotatable bonds is 7. The number of carbonyl (C=O) groups excluding carboxylic acids is 2. The van der Waals surface area contributed by atoms with Gasteiger partial charge in [-0.05, 0) is 39.2 Å². The first-order chi connectivity index (χ1) is 12.3. The Balaban J connectivity index is 2.27. The Morgan fingerprint density at radius 3 is 2.73 bits per heavy atom. The second-order valence-corrected chi connectivity index (χ2v) is 6.53. The van der Waals surface area contributed by atoms with E-state index in [9.17, 15) is 14.7 Å². The summed E-state index contributed by atoms with van der Waals surface area (Å²) in [7, 11) is 1.54. The molecule has 0 saturated heterocycles. The third-order valence-corrected chi connectivity index (χ3v) is 4.62. The predicted octanol–water partition coefficient (Wildman–Crippen LogP) is 3.46. The summed E-state index contributed by atoms with van der Waals surface area (Å²) in [4.78, 5) is 23.7. The van der Waals surface area contributed by atoms with Crippen LogP contribution in [0.4, 0.5) is 0 Å². The van der Waals surface area contributed by atoms with Gasteiger partial charge in [0.2, 0.25) is 0 Å².